The second kappa shape index (κ2) is 9.04. The van der Waals surface area contributed by atoms with E-state index < -0.39 is 0 Å². The van der Waals surface area contributed by atoms with Crippen LogP contribution in [0, 0.1) is 0 Å². The highest BCUT2D eigenvalue weighted by atomic mass is 79.9. The lowest BCUT2D eigenvalue weighted by Gasteiger charge is -2.06. The van der Waals surface area contributed by atoms with Crippen LogP contribution in [-0.4, -0.2) is 25.5 Å². The minimum atomic E-state index is -0.280. The van der Waals surface area contributed by atoms with Gasteiger partial charge in [-0.3, -0.25) is 14.2 Å². The van der Waals surface area contributed by atoms with Crippen LogP contribution < -0.4 is 5.32 Å². The van der Waals surface area contributed by atoms with E-state index in [9.17, 15) is 4.79 Å². The van der Waals surface area contributed by atoms with Crippen LogP contribution in [0.2, 0.25) is 10.0 Å². The van der Waals surface area contributed by atoms with Gasteiger partial charge in [-0.2, -0.15) is 10.2 Å². The summed E-state index contributed by atoms with van der Waals surface area (Å²) >= 11 is 15.6. The smallest absolute Gasteiger partial charge is 0.256 e. The molecule has 0 aliphatic heterocycles. The molecule has 0 aliphatic rings. The van der Waals surface area contributed by atoms with E-state index in [0.29, 0.717) is 34.5 Å². The molecule has 4 aromatic rings. The van der Waals surface area contributed by atoms with Gasteiger partial charge in [-0.1, -0.05) is 47.5 Å². The first-order chi connectivity index (χ1) is 14.5. The zero-order chi connectivity index (χ0) is 21.1. The molecule has 2 heterocycles. The van der Waals surface area contributed by atoms with Crippen molar-refractivity contribution in [3.05, 3.63) is 98.3 Å². The molecule has 152 valence electrons. The number of carbonyl (C=O) groups is 1. The molecule has 0 saturated carbocycles. The lowest BCUT2D eigenvalue weighted by Crippen LogP contribution is -2.14. The van der Waals surface area contributed by atoms with Crippen molar-refractivity contribution in [2.45, 2.75) is 13.1 Å². The Labute approximate surface area is 191 Å². The predicted molar refractivity (Wildman–Crippen MR) is 121 cm³/mol. The molecule has 0 aliphatic carbocycles. The normalized spacial score (nSPS) is 10.9. The van der Waals surface area contributed by atoms with E-state index in [0.717, 1.165) is 15.6 Å². The quantitative estimate of drug-likeness (QED) is 0.377. The van der Waals surface area contributed by atoms with Crippen molar-refractivity contribution in [1.82, 2.24) is 19.6 Å². The van der Waals surface area contributed by atoms with Crippen LogP contribution in [0.3, 0.4) is 0 Å². The monoisotopic (exact) mass is 503 g/mol. The maximum Gasteiger partial charge on any atom is 0.256 e. The number of aromatic nitrogens is 4. The zero-order valence-electron chi connectivity index (χ0n) is 15.6. The topological polar surface area (TPSA) is 64.7 Å². The molecule has 2 aromatic heterocycles. The molecule has 1 N–H and O–H groups in total. The molecule has 0 radical (unpaired) electrons. The summed E-state index contributed by atoms with van der Waals surface area (Å²) in [6.07, 6.45) is 5.27. The number of nitrogens with zero attached hydrogens (tertiary/aromatic N) is 4. The van der Waals surface area contributed by atoms with Crippen LogP contribution in [0.1, 0.15) is 21.5 Å². The number of nitrogens with one attached hydrogen (secondary N) is 1. The Hall–Kier alpha value is -2.61. The van der Waals surface area contributed by atoms with Gasteiger partial charge in [-0.15, -0.1) is 0 Å². The Bertz CT molecular complexity index is 1190. The summed E-state index contributed by atoms with van der Waals surface area (Å²) in [6, 6.07) is 14.8. The van der Waals surface area contributed by atoms with E-state index in [4.69, 9.17) is 23.2 Å². The molecule has 0 saturated heterocycles. The van der Waals surface area contributed by atoms with Gasteiger partial charge in [0.1, 0.15) is 5.02 Å². The highest BCUT2D eigenvalue weighted by Gasteiger charge is 2.13. The van der Waals surface area contributed by atoms with Crippen LogP contribution in [0.25, 0.3) is 0 Å². The zero-order valence-corrected chi connectivity index (χ0v) is 18.7. The minimum absolute atomic E-state index is 0.280. The predicted octanol–water partition coefficient (Wildman–Crippen LogP) is 5.50. The summed E-state index contributed by atoms with van der Waals surface area (Å²) in [6.45, 7) is 1.07. The standard InChI is InChI=1S/C21H16BrCl2N5O/c22-17-9-25-28(12-17)11-15-2-1-3-16(8-15)21(30)26-20-19(24)13-29(27-20)10-14-4-6-18(23)7-5-14/h1-9,12-13H,10-11H2,(H,26,27,30). The maximum atomic E-state index is 12.7. The summed E-state index contributed by atoms with van der Waals surface area (Å²) in [5.41, 5.74) is 2.49. The van der Waals surface area contributed by atoms with Crippen molar-refractivity contribution in [3.63, 3.8) is 0 Å². The number of amides is 1. The molecule has 6 nitrogen and oxygen atoms in total. The van der Waals surface area contributed by atoms with Crippen molar-refractivity contribution >= 4 is 50.9 Å². The lowest BCUT2D eigenvalue weighted by molar-refractivity contribution is 0.102. The molecule has 1 amide bonds. The summed E-state index contributed by atoms with van der Waals surface area (Å²) in [5, 5.41) is 12.5. The molecular weight excluding hydrogens is 489 g/mol. The second-order valence-corrected chi connectivity index (χ2v) is 8.42. The molecule has 0 atom stereocenters. The fourth-order valence-corrected chi connectivity index (χ4v) is 3.59. The van der Waals surface area contributed by atoms with E-state index in [1.165, 1.54) is 0 Å². The second-order valence-electron chi connectivity index (χ2n) is 6.66. The van der Waals surface area contributed by atoms with Crippen LogP contribution in [0.15, 0.2) is 71.6 Å². The number of carbonyl (C=O) groups excluding carboxylic acids is 1. The molecule has 0 spiro atoms. The van der Waals surface area contributed by atoms with Gasteiger partial charge in [0, 0.05) is 23.0 Å². The average molecular weight is 505 g/mol. The molecule has 9 heteroatoms. The molecule has 0 bridgehead atoms. The highest BCUT2D eigenvalue weighted by molar-refractivity contribution is 9.10. The van der Waals surface area contributed by atoms with Gasteiger partial charge in [-0.05, 0) is 51.3 Å². The lowest BCUT2D eigenvalue weighted by atomic mass is 10.1. The number of rotatable bonds is 6. The van der Waals surface area contributed by atoms with E-state index in [-0.39, 0.29) is 5.91 Å². The Morgan fingerprint density at radius 1 is 1.00 bits per heavy atom. The molecule has 2 aromatic carbocycles. The van der Waals surface area contributed by atoms with Crippen molar-refractivity contribution in [3.8, 4) is 0 Å². The fraction of sp³-hybridized carbons (Fsp3) is 0.0952. The third kappa shape index (κ3) is 5.11. The summed E-state index contributed by atoms with van der Waals surface area (Å²) in [5.74, 6) is 0.0363. The summed E-state index contributed by atoms with van der Waals surface area (Å²) in [7, 11) is 0. The first-order valence-electron chi connectivity index (χ1n) is 9.02. The van der Waals surface area contributed by atoms with Crippen molar-refractivity contribution < 1.29 is 4.79 Å². The summed E-state index contributed by atoms with van der Waals surface area (Å²) < 4.78 is 4.36. The molecule has 0 fully saturated rings. The van der Waals surface area contributed by atoms with Crippen LogP contribution in [0.4, 0.5) is 5.82 Å². The van der Waals surface area contributed by atoms with E-state index in [1.807, 2.05) is 48.7 Å². The van der Waals surface area contributed by atoms with Crippen molar-refractivity contribution in [1.29, 1.82) is 0 Å². The van der Waals surface area contributed by atoms with Gasteiger partial charge in [-0.25, -0.2) is 0 Å². The first kappa shape index (κ1) is 20.7. The molecule has 30 heavy (non-hydrogen) atoms. The molecular formula is C21H16BrCl2N5O. The Balaban J connectivity index is 1.45. The molecule has 0 unspecified atom stereocenters. The Morgan fingerprint density at radius 2 is 1.77 bits per heavy atom. The van der Waals surface area contributed by atoms with E-state index in [2.05, 4.69) is 31.4 Å². The SMILES string of the molecule is O=C(Nc1nn(Cc2ccc(Cl)cc2)cc1Cl)c1cccc(Cn2cc(Br)cn2)c1. The summed E-state index contributed by atoms with van der Waals surface area (Å²) in [4.78, 5) is 12.7. The maximum absolute atomic E-state index is 12.7. The van der Waals surface area contributed by atoms with Crippen molar-refractivity contribution in [2.75, 3.05) is 5.32 Å². The van der Waals surface area contributed by atoms with Gasteiger partial charge >= 0.3 is 0 Å². The van der Waals surface area contributed by atoms with Crippen LogP contribution in [-0.2, 0) is 13.1 Å². The molecule has 4 rings (SSSR count). The third-order valence-corrected chi connectivity index (χ3v) is 5.28. The van der Waals surface area contributed by atoms with Gasteiger partial charge in [0.2, 0.25) is 0 Å². The van der Waals surface area contributed by atoms with Gasteiger partial charge < -0.3 is 5.32 Å². The number of halogens is 3. The minimum Gasteiger partial charge on any atom is -0.304 e. The number of anilines is 1. The number of hydrogen-bond donors (Lipinski definition) is 1. The first-order valence-corrected chi connectivity index (χ1v) is 10.6. The van der Waals surface area contributed by atoms with E-state index >= 15 is 0 Å². The van der Waals surface area contributed by atoms with Crippen LogP contribution in [0.5, 0.6) is 0 Å². The fourth-order valence-electron chi connectivity index (χ4n) is 2.94. The highest BCUT2D eigenvalue weighted by Crippen LogP contribution is 2.21. The third-order valence-electron chi connectivity index (χ3n) is 4.34. The largest absolute Gasteiger partial charge is 0.304 e. The van der Waals surface area contributed by atoms with E-state index in [1.54, 1.807) is 27.8 Å². The number of hydrogen-bond acceptors (Lipinski definition) is 3. The van der Waals surface area contributed by atoms with Crippen molar-refractivity contribution in [2.24, 2.45) is 0 Å². The Morgan fingerprint density at radius 3 is 2.50 bits per heavy atom. The van der Waals surface area contributed by atoms with Gasteiger partial charge in [0.15, 0.2) is 5.82 Å². The van der Waals surface area contributed by atoms with Gasteiger partial charge in [0.05, 0.1) is 23.8 Å². The van der Waals surface area contributed by atoms with Gasteiger partial charge in [0.25, 0.3) is 5.91 Å². The number of benzene rings is 2. The average Bonchev–Trinajstić information content (AvgIpc) is 3.28. The van der Waals surface area contributed by atoms with Crippen LogP contribution >= 0.6 is 39.1 Å². The Kier molecular flexibility index (Phi) is 6.22.